The lowest BCUT2D eigenvalue weighted by Crippen LogP contribution is -2.54. The highest BCUT2D eigenvalue weighted by Crippen LogP contribution is 2.42. The normalized spacial score (nSPS) is 26.8. The summed E-state index contributed by atoms with van der Waals surface area (Å²) < 4.78 is 4.03. The molecule has 1 amide bonds. The van der Waals surface area contributed by atoms with Crippen molar-refractivity contribution in [3.8, 4) is 0 Å². The minimum Gasteiger partial charge on any atom is -0.388 e. The number of hydrogen-bond acceptors (Lipinski definition) is 4. The number of nitrogens with zero attached hydrogens (tertiary/aromatic N) is 5. The Kier molecular flexibility index (Phi) is 4.19. The fraction of sp³-hybridized carbons (Fsp3) is 0.476. The Labute approximate surface area is 163 Å². The Morgan fingerprint density at radius 2 is 1.96 bits per heavy atom. The Hall–Kier alpha value is -2.67. The summed E-state index contributed by atoms with van der Waals surface area (Å²) in [6, 6.07) is 4.32. The van der Waals surface area contributed by atoms with Crippen molar-refractivity contribution in [2.45, 2.75) is 62.9 Å². The molecule has 3 aromatic rings. The van der Waals surface area contributed by atoms with Gasteiger partial charge < -0.3 is 19.1 Å². The quantitative estimate of drug-likeness (QED) is 0.737. The molecule has 2 saturated heterocycles. The topological polar surface area (TPSA) is 76.2 Å². The van der Waals surface area contributed by atoms with Crippen LogP contribution in [0.15, 0.2) is 49.4 Å². The first-order valence-electron chi connectivity index (χ1n) is 9.99. The highest BCUT2D eigenvalue weighted by Gasteiger charge is 2.49. The lowest BCUT2D eigenvalue weighted by molar-refractivity contribution is -0.142. The molecule has 2 aliphatic rings. The molecule has 2 atom stereocenters. The highest BCUT2D eigenvalue weighted by molar-refractivity contribution is 5.79. The van der Waals surface area contributed by atoms with Crippen LogP contribution in [0.5, 0.6) is 0 Å². The van der Waals surface area contributed by atoms with Crippen LogP contribution in [-0.2, 0) is 17.9 Å². The van der Waals surface area contributed by atoms with Crippen LogP contribution in [0.1, 0.15) is 32.1 Å². The summed E-state index contributed by atoms with van der Waals surface area (Å²) in [7, 11) is 0. The number of rotatable bonds is 5. The lowest BCUT2D eigenvalue weighted by atomic mass is 9.85. The van der Waals surface area contributed by atoms with E-state index in [4.69, 9.17) is 0 Å². The van der Waals surface area contributed by atoms with Crippen molar-refractivity contribution < 1.29 is 9.90 Å². The lowest BCUT2D eigenvalue weighted by Gasteiger charge is -2.44. The van der Waals surface area contributed by atoms with Crippen LogP contribution >= 0.6 is 0 Å². The molecule has 5 rings (SSSR count). The zero-order valence-electron chi connectivity index (χ0n) is 15.8. The Morgan fingerprint density at radius 3 is 2.71 bits per heavy atom. The number of hydrogen-bond donors (Lipinski definition) is 1. The van der Waals surface area contributed by atoms with Crippen molar-refractivity contribution in [1.29, 1.82) is 0 Å². The summed E-state index contributed by atoms with van der Waals surface area (Å²) in [6.07, 6.45) is 14.7. The van der Waals surface area contributed by atoms with Crippen molar-refractivity contribution >= 4 is 16.8 Å². The van der Waals surface area contributed by atoms with Crippen LogP contribution in [0.25, 0.3) is 10.9 Å². The molecule has 7 heteroatoms. The largest absolute Gasteiger partial charge is 0.388 e. The second-order valence-corrected chi connectivity index (χ2v) is 8.25. The molecule has 1 N–H and O–H groups in total. The maximum Gasteiger partial charge on any atom is 0.224 e. The molecular formula is C21H25N5O2. The maximum absolute atomic E-state index is 12.9. The van der Waals surface area contributed by atoms with Gasteiger partial charge in [-0.05, 0) is 37.8 Å². The number of carbonyl (C=O) groups excluding carboxylic acids is 1. The minimum absolute atomic E-state index is 0.138. The van der Waals surface area contributed by atoms with E-state index in [0.717, 1.165) is 23.7 Å². The maximum atomic E-state index is 12.9. The van der Waals surface area contributed by atoms with Crippen LogP contribution in [-0.4, -0.2) is 52.7 Å². The molecule has 0 aliphatic carbocycles. The van der Waals surface area contributed by atoms with Crippen LogP contribution < -0.4 is 0 Å². The van der Waals surface area contributed by atoms with Gasteiger partial charge in [-0.15, -0.1) is 0 Å². The van der Waals surface area contributed by atoms with Gasteiger partial charge in [0.25, 0.3) is 0 Å². The van der Waals surface area contributed by atoms with E-state index >= 15 is 0 Å². The van der Waals surface area contributed by atoms with Gasteiger partial charge in [0.05, 0.1) is 30.2 Å². The van der Waals surface area contributed by atoms with E-state index in [1.807, 2.05) is 29.2 Å². The molecule has 2 fully saturated rings. The van der Waals surface area contributed by atoms with E-state index in [2.05, 4.69) is 25.5 Å². The molecule has 0 saturated carbocycles. The van der Waals surface area contributed by atoms with Crippen LogP contribution in [0.2, 0.25) is 0 Å². The van der Waals surface area contributed by atoms with E-state index in [-0.39, 0.29) is 18.0 Å². The van der Waals surface area contributed by atoms with Gasteiger partial charge in [0, 0.05) is 55.2 Å². The van der Waals surface area contributed by atoms with Crippen molar-refractivity contribution in [3.63, 3.8) is 0 Å². The van der Waals surface area contributed by atoms with Gasteiger partial charge in [0.2, 0.25) is 5.91 Å². The number of aryl methyl sites for hydroxylation is 1. The van der Waals surface area contributed by atoms with Crippen molar-refractivity contribution in [2.24, 2.45) is 0 Å². The zero-order valence-corrected chi connectivity index (χ0v) is 15.8. The predicted octanol–water partition coefficient (Wildman–Crippen LogP) is 2.21. The second-order valence-electron chi connectivity index (χ2n) is 8.25. The number of imidazole rings is 1. The third-order valence-corrected chi connectivity index (χ3v) is 6.32. The molecule has 0 aromatic carbocycles. The van der Waals surface area contributed by atoms with Gasteiger partial charge in [-0.25, -0.2) is 4.98 Å². The second kappa shape index (κ2) is 6.74. The minimum atomic E-state index is -0.783. The molecule has 3 aromatic heterocycles. The van der Waals surface area contributed by atoms with Gasteiger partial charge in [-0.2, -0.15) is 0 Å². The molecule has 146 valence electrons. The van der Waals surface area contributed by atoms with Crippen molar-refractivity contribution in [1.82, 2.24) is 24.0 Å². The standard InChI is InChI=1S/C21H25N5O2/c27-20(5-8-24-10-7-23-15-24)26-17-1-2-18(26)12-21(28,11-17)14-25-9-4-16-3-6-22-13-19(16)25/h3-4,6-7,9-10,13,15,17-18,28H,1-2,5,8,11-12,14H2/t17-,18-/m1/s1. The average molecular weight is 379 g/mol. The third-order valence-electron chi connectivity index (χ3n) is 6.32. The van der Waals surface area contributed by atoms with Gasteiger partial charge in [0.15, 0.2) is 0 Å². The zero-order chi connectivity index (χ0) is 19.1. The fourth-order valence-electron chi connectivity index (χ4n) is 5.11. The van der Waals surface area contributed by atoms with Gasteiger partial charge in [0.1, 0.15) is 0 Å². The molecule has 5 heterocycles. The van der Waals surface area contributed by atoms with Crippen molar-refractivity contribution in [3.05, 3.63) is 49.4 Å². The molecule has 0 spiro atoms. The number of pyridine rings is 1. The smallest absolute Gasteiger partial charge is 0.224 e. The number of amides is 1. The number of aromatic nitrogens is 4. The number of aliphatic hydroxyl groups is 1. The van der Waals surface area contributed by atoms with Gasteiger partial charge in [-0.1, -0.05) is 0 Å². The summed E-state index contributed by atoms with van der Waals surface area (Å²) in [5, 5.41) is 12.5. The van der Waals surface area contributed by atoms with Crippen molar-refractivity contribution in [2.75, 3.05) is 0 Å². The summed E-state index contributed by atoms with van der Waals surface area (Å²) in [6.45, 7) is 1.20. The van der Waals surface area contributed by atoms with E-state index < -0.39 is 5.60 Å². The number of piperidine rings is 1. The monoisotopic (exact) mass is 379 g/mol. The highest BCUT2D eigenvalue weighted by atomic mass is 16.3. The Morgan fingerprint density at radius 1 is 1.14 bits per heavy atom. The number of carbonyl (C=O) groups is 1. The predicted molar refractivity (Wildman–Crippen MR) is 104 cm³/mol. The fourth-order valence-corrected chi connectivity index (χ4v) is 5.11. The average Bonchev–Trinajstić information content (AvgIpc) is 3.40. The molecule has 28 heavy (non-hydrogen) atoms. The van der Waals surface area contributed by atoms with Crippen LogP contribution in [0.3, 0.4) is 0 Å². The number of fused-ring (bicyclic) bond motifs is 3. The Bertz CT molecular complexity index is 966. The first-order chi connectivity index (χ1) is 13.6. The van der Waals surface area contributed by atoms with Crippen LogP contribution in [0.4, 0.5) is 0 Å². The first kappa shape index (κ1) is 17.4. The first-order valence-corrected chi connectivity index (χ1v) is 9.99. The van der Waals surface area contributed by atoms with Crippen LogP contribution in [0, 0.1) is 0 Å². The molecule has 0 radical (unpaired) electrons. The van der Waals surface area contributed by atoms with E-state index in [1.165, 1.54) is 0 Å². The van der Waals surface area contributed by atoms with E-state index in [1.54, 1.807) is 18.7 Å². The molecular weight excluding hydrogens is 354 g/mol. The van der Waals surface area contributed by atoms with E-state index in [0.29, 0.717) is 32.4 Å². The summed E-state index contributed by atoms with van der Waals surface area (Å²) in [4.78, 5) is 23.2. The summed E-state index contributed by atoms with van der Waals surface area (Å²) in [5.41, 5.74) is 0.261. The van der Waals surface area contributed by atoms with E-state index in [9.17, 15) is 9.90 Å². The van der Waals surface area contributed by atoms with Gasteiger partial charge in [-0.3, -0.25) is 9.78 Å². The molecule has 2 bridgehead atoms. The Balaban J connectivity index is 1.28. The molecule has 2 aliphatic heterocycles. The third kappa shape index (κ3) is 3.09. The summed E-state index contributed by atoms with van der Waals surface area (Å²) >= 11 is 0. The molecule has 0 unspecified atom stereocenters. The molecule has 7 nitrogen and oxygen atoms in total. The summed E-state index contributed by atoms with van der Waals surface area (Å²) in [5.74, 6) is 0.193. The SMILES string of the molecule is O=C(CCn1ccnc1)N1[C@@H]2CC[C@@H]1CC(O)(Cn1ccc3ccncc31)C2. The van der Waals surface area contributed by atoms with Gasteiger partial charge >= 0.3 is 0 Å².